The Kier molecular flexibility index (Phi) is 10.8. The molecule has 3 aromatic rings. The maximum Gasteiger partial charge on any atom is 0.243 e. The van der Waals surface area contributed by atoms with E-state index >= 15 is 0 Å². The van der Waals surface area contributed by atoms with E-state index in [1.807, 2.05) is 36.4 Å². The molecule has 0 bridgehead atoms. The molecule has 0 aromatic heterocycles. The van der Waals surface area contributed by atoms with Crippen molar-refractivity contribution < 1.29 is 14.4 Å². The Balaban J connectivity index is 1.43. The van der Waals surface area contributed by atoms with Crippen LogP contribution in [-0.2, 0) is 27.6 Å². The molecule has 1 saturated heterocycles. The van der Waals surface area contributed by atoms with Gasteiger partial charge in [-0.05, 0) is 60.1 Å². The Hall–Kier alpha value is -3.13. The molecule has 40 heavy (non-hydrogen) atoms. The zero-order valence-electron chi connectivity index (χ0n) is 23.0. The van der Waals surface area contributed by atoms with E-state index in [0.29, 0.717) is 35.1 Å². The summed E-state index contributed by atoms with van der Waals surface area (Å²) in [6.07, 6.45) is 1.44. The van der Waals surface area contributed by atoms with Crippen molar-refractivity contribution in [2.75, 3.05) is 26.2 Å². The fourth-order valence-electron chi connectivity index (χ4n) is 4.98. The number of oxime groups is 1. The smallest absolute Gasteiger partial charge is 0.243 e. The van der Waals surface area contributed by atoms with Gasteiger partial charge in [0, 0.05) is 19.4 Å². The molecule has 0 spiro atoms. The highest BCUT2D eigenvalue weighted by Gasteiger charge is 2.37. The number of amides is 2. The van der Waals surface area contributed by atoms with Crippen molar-refractivity contribution in [3.05, 3.63) is 81.8 Å². The number of nitrogens with zero attached hydrogens (tertiary/aromatic N) is 3. The minimum Gasteiger partial charge on any atom is -0.391 e. The van der Waals surface area contributed by atoms with Crippen LogP contribution in [0.1, 0.15) is 44.2 Å². The Morgan fingerprint density at radius 1 is 1.05 bits per heavy atom. The molecule has 1 N–H and O–H groups in total. The fourth-order valence-corrected chi connectivity index (χ4v) is 5.30. The molecule has 1 atom stereocenters. The van der Waals surface area contributed by atoms with Crippen LogP contribution in [0.5, 0.6) is 0 Å². The average molecular weight is 584 g/mol. The van der Waals surface area contributed by atoms with Gasteiger partial charge in [0.05, 0.1) is 22.3 Å². The van der Waals surface area contributed by atoms with Crippen LogP contribution in [0.15, 0.2) is 65.8 Å². The number of hydrogen-bond acceptors (Lipinski definition) is 5. The molecular formula is C31H36Cl2N4O3. The second-order valence-corrected chi connectivity index (χ2v) is 10.7. The van der Waals surface area contributed by atoms with Crippen LogP contribution in [0, 0.1) is 0 Å². The van der Waals surface area contributed by atoms with Crippen molar-refractivity contribution >= 4 is 51.5 Å². The van der Waals surface area contributed by atoms with E-state index in [0.717, 1.165) is 48.0 Å². The molecule has 3 aromatic carbocycles. The van der Waals surface area contributed by atoms with Gasteiger partial charge in [-0.2, -0.15) is 0 Å². The molecule has 2 amide bonds. The maximum atomic E-state index is 13.4. The van der Waals surface area contributed by atoms with Crippen LogP contribution in [0.25, 0.3) is 10.8 Å². The Morgan fingerprint density at radius 2 is 1.82 bits per heavy atom. The van der Waals surface area contributed by atoms with Gasteiger partial charge in [-0.25, -0.2) is 0 Å². The summed E-state index contributed by atoms with van der Waals surface area (Å²) >= 11 is 12.1. The highest BCUT2D eigenvalue weighted by atomic mass is 35.5. The Labute approximate surface area is 246 Å². The SMILES string of the molecule is CCN(CC)CCCC(=O)N1C/C(=N/OCc2ccc(Cl)c(Cl)c2)C[C@H]1C(=O)NCc1cccc2ccccc12. The number of fused-ring (bicyclic) bond motifs is 1. The highest BCUT2D eigenvalue weighted by molar-refractivity contribution is 6.42. The first-order valence-electron chi connectivity index (χ1n) is 13.8. The van der Waals surface area contributed by atoms with Crippen LogP contribution in [0.3, 0.4) is 0 Å². The Morgan fingerprint density at radius 3 is 2.60 bits per heavy atom. The molecule has 0 radical (unpaired) electrons. The van der Waals surface area contributed by atoms with Crippen molar-refractivity contribution in [2.45, 2.75) is 52.3 Å². The molecular weight excluding hydrogens is 547 g/mol. The van der Waals surface area contributed by atoms with E-state index in [1.165, 1.54) is 0 Å². The van der Waals surface area contributed by atoms with E-state index in [-0.39, 0.29) is 25.0 Å². The number of nitrogens with one attached hydrogen (secondary N) is 1. The molecule has 7 nitrogen and oxygen atoms in total. The lowest BCUT2D eigenvalue weighted by Crippen LogP contribution is -2.45. The number of benzene rings is 3. The van der Waals surface area contributed by atoms with Crippen LogP contribution < -0.4 is 5.32 Å². The summed E-state index contributed by atoms with van der Waals surface area (Å²) in [4.78, 5) is 36.2. The van der Waals surface area contributed by atoms with Crippen molar-refractivity contribution in [1.82, 2.24) is 15.1 Å². The number of rotatable bonds is 12. The van der Waals surface area contributed by atoms with Gasteiger partial charge in [-0.15, -0.1) is 0 Å². The van der Waals surface area contributed by atoms with Crippen molar-refractivity contribution in [3.63, 3.8) is 0 Å². The van der Waals surface area contributed by atoms with E-state index in [9.17, 15) is 9.59 Å². The van der Waals surface area contributed by atoms with Gasteiger partial charge >= 0.3 is 0 Å². The molecule has 1 aliphatic rings. The first-order chi connectivity index (χ1) is 19.4. The van der Waals surface area contributed by atoms with E-state index in [2.05, 4.69) is 41.4 Å². The van der Waals surface area contributed by atoms with Crippen molar-refractivity contribution in [1.29, 1.82) is 0 Å². The highest BCUT2D eigenvalue weighted by Crippen LogP contribution is 2.24. The summed E-state index contributed by atoms with van der Waals surface area (Å²) in [7, 11) is 0. The van der Waals surface area contributed by atoms with Gasteiger partial charge < -0.3 is 20.0 Å². The Bertz CT molecular complexity index is 1350. The van der Waals surface area contributed by atoms with Gasteiger partial charge in [0.25, 0.3) is 0 Å². The zero-order chi connectivity index (χ0) is 28.5. The van der Waals surface area contributed by atoms with Crippen molar-refractivity contribution in [2.24, 2.45) is 5.16 Å². The van der Waals surface area contributed by atoms with Crippen LogP contribution in [0.4, 0.5) is 0 Å². The van der Waals surface area contributed by atoms with Crippen LogP contribution in [0.2, 0.25) is 10.0 Å². The van der Waals surface area contributed by atoms with Gasteiger partial charge in [0.1, 0.15) is 12.6 Å². The largest absolute Gasteiger partial charge is 0.391 e. The standard InChI is InChI=1S/C31H36Cl2N4O3/c1-3-36(4-2)16-8-13-30(38)37-20-25(35-40-21-22-14-15-27(32)28(33)17-22)18-29(37)31(39)34-19-24-11-7-10-23-9-5-6-12-26(23)24/h5-7,9-12,14-15,17,29H,3-4,8,13,16,18-21H2,1-2H3,(H,34,39)/b35-25+/t29-/m0/s1. The first kappa shape index (κ1) is 29.8. The van der Waals surface area contributed by atoms with E-state index in [4.69, 9.17) is 28.0 Å². The number of halogens is 2. The van der Waals surface area contributed by atoms with Crippen LogP contribution >= 0.6 is 23.2 Å². The fraction of sp³-hybridized carbons (Fsp3) is 0.387. The predicted molar refractivity (Wildman–Crippen MR) is 162 cm³/mol. The molecule has 9 heteroatoms. The minimum atomic E-state index is -0.636. The zero-order valence-corrected chi connectivity index (χ0v) is 24.5. The molecule has 0 saturated carbocycles. The molecule has 1 fully saturated rings. The number of carbonyl (C=O) groups excluding carboxylic acids is 2. The summed E-state index contributed by atoms with van der Waals surface area (Å²) in [6, 6.07) is 18.8. The summed E-state index contributed by atoms with van der Waals surface area (Å²) < 4.78 is 0. The van der Waals surface area contributed by atoms with Gasteiger partial charge in [-0.1, -0.05) is 90.7 Å². The minimum absolute atomic E-state index is 0.0489. The second-order valence-electron chi connectivity index (χ2n) is 9.91. The lowest BCUT2D eigenvalue weighted by Gasteiger charge is -2.24. The lowest BCUT2D eigenvalue weighted by molar-refractivity contribution is -0.138. The molecule has 0 unspecified atom stereocenters. The van der Waals surface area contributed by atoms with Gasteiger partial charge in [0.2, 0.25) is 11.8 Å². The number of likely N-dealkylation sites (tertiary alicyclic amines) is 1. The third kappa shape index (κ3) is 7.74. The summed E-state index contributed by atoms with van der Waals surface area (Å²) in [6.45, 7) is 7.81. The topological polar surface area (TPSA) is 74.2 Å². The monoisotopic (exact) mass is 582 g/mol. The maximum absolute atomic E-state index is 13.4. The third-order valence-corrected chi connectivity index (χ3v) is 8.02. The second kappa shape index (κ2) is 14.5. The third-order valence-electron chi connectivity index (χ3n) is 7.28. The summed E-state index contributed by atoms with van der Waals surface area (Å²) in [5.41, 5.74) is 2.51. The molecule has 1 aliphatic heterocycles. The molecule has 0 aliphatic carbocycles. The van der Waals surface area contributed by atoms with Gasteiger partial charge in [0.15, 0.2) is 0 Å². The van der Waals surface area contributed by atoms with Gasteiger partial charge in [-0.3, -0.25) is 9.59 Å². The van der Waals surface area contributed by atoms with E-state index < -0.39 is 6.04 Å². The normalized spacial score (nSPS) is 16.2. The first-order valence-corrected chi connectivity index (χ1v) is 14.5. The quantitative estimate of drug-likeness (QED) is 0.263. The number of carbonyl (C=O) groups is 2. The molecule has 212 valence electrons. The average Bonchev–Trinajstić information content (AvgIpc) is 3.40. The summed E-state index contributed by atoms with van der Waals surface area (Å²) in [5.74, 6) is -0.244. The summed E-state index contributed by atoms with van der Waals surface area (Å²) in [5, 5.41) is 10.5. The van der Waals surface area contributed by atoms with Crippen molar-refractivity contribution in [3.8, 4) is 0 Å². The van der Waals surface area contributed by atoms with E-state index in [1.54, 1.807) is 17.0 Å². The van der Waals surface area contributed by atoms with Crippen LogP contribution in [-0.4, -0.2) is 59.5 Å². The predicted octanol–water partition coefficient (Wildman–Crippen LogP) is 6.06. The lowest BCUT2D eigenvalue weighted by atomic mass is 10.0. The molecule has 1 heterocycles. The number of hydrogen-bond donors (Lipinski definition) is 1. The molecule has 4 rings (SSSR count).